The van der Waals surface area contributed by atoms with Gasteiger partial charge in [-0.15, -0.1) is 14.6 Å². The molecule has 12 nitrogen and oxygen atoms in total. The third-order valence-corrected chi connectivity index (χ3v) is 6.40. The van der Waals surface area contributed by atoms with E-state index in [2.05, 4.69) is 24.7 Å². The summed E-state index contributed by atoms with van der Waals surface area (Å²) in [6, 6.07) is 11.3. The molecule has 0 spiro atoms. The Morgan fingerprint density at radius 3 is 2.47 bits per heavy atom. The largest absolute Gasteiger partial charge is 0.378 e. The van der Waals surface area contributed by atoms with Crippen molar-refractivity contribution in [1.82, 2.24) is 9.78 Å². The minimum Gasteiger partial charge on any atom is -0.378 e. The number of nitrogens with zero attached hydrogens (tertiary/aromatic N) is 6. The molecule has 0 radical (unpaired) electrons. The average Bonchev–Trinajstić information content (AvgIpc) is 3.10. The molecule has 34 heavy (non-hydrogen) atoms. The highest BCUT2D eigenvalue weighted by Gasteiger charge is 2.24. The fourth-order valence-electron chi connectivity index (χ4n) is 2.84. The Kier molecular flexibility index (Phi) is 7.89. The van der Waals surface area contributed by atoms with E-state index in [1.807, 2.05) is 37.2 Å². The SMILES string of the molecule is Cc1nn(-c2cc(S(=O)(=O)O)c(Cl)cc2SOOO)c(N=Nc2ccc(N(C)C)cc2)c1C#N. The van der Waals surface area contributed by atoms with Gasteiger partial charge in [0, 0.05) is 19.8 Å². The molecule has 0 aliphatic rings. The van der Waals surface area contributed by atoms with E-state index in [1.54, 1.807) is 19.1 Å². The summed E-state index contributed by atoms with van der Waals surface area (Å²) in [6.45, 7) is 1.56. The number of aromatic nitrogens is 2. The van der Waals surface area contributed by atoms with E-state index in [9.17, 15) is 18.2 Å². The van der Waals surface area contributed by atoms with Crippen LogP contribution in [-0.4, -0.2) is 42.1 Å². The molecule has 2 aromatic carbocycles. The van der Waals surface area contributed by atoms with Crippen molar-refractivity contribution in [3.63, 3.8) is 0 Å². The van der Waals surface area contributed by atoms with Crippen LogP contribution < -0.4 is 4.90 Å². The molecule has 0 atom stereocenters. The maximum absolute atomic E-state index is 11.8. The zero-order chi connectivity index (χ0) is 25.0. The van der Waals surface area contributed by atoms with Gasteiger partial charge in [-0.25, -0.2) is 9.94 Å². The third-order valence-electron chi connectivity index (χ3n) is 4.45. The van der Waals surface area contributed by atoms with Crippen molar-refractivity contribution in [3.05, 3.63) is 52.7 Å². The van der Waals surface area contributed by atoms with Crippen LogP contribution in [0.2, 0.25) is 5.02 Å². The van der Waals surface area contributed by atoms with Gasteiger partial charge in [0.05, 0.1) is 39.0 Å². The van der Waals surface area contributed by atoms with E-state index in [1.165, 1.54) is 0 Å². The average molecular weight is 525 g/mol. The summed E-state index contributed by atoms with van der Waals surface area (Å²) in [4.78, 5) is 1.41. The number of aryl methyl sites for hydroxylation is 1. The van der Waals surface area contributed by atoms with Gasteiger partial charge in [-0.1, -0.05) is 16.6 Å². The second-order valence-corrected chi connectivity index (χ2v) is 9.41. The van der Waals surface area contributed by atoms with Crippen molar-refractivity contribution in [2.24, 2.45) is 10.2 Å². The fraction of sp³-hybridized carbons (Fsp3) is 0.158. The van der Waals surface area contributed by atoms with Crippen molar-refractivity contribution < 1.29 is 27.6 Å². The van der Waals surface area contributed by atoms with Crippen molar-refractivity contribution in [3.8, 4) is 11.8 Å². The Labute approximate surface area is 203 Å². The van der Waals surface area contributed by atoms with Crippen LogP contribution in [0.25, 0.3) is 5.69 Å². The van der Waals surface area contributed by atoms with Crippen molar-refractivity contribution >= 4 is 51.0 Å². The Bertz CT molecular complexity index is 1380. The number of anilines is 1. The molecule has 0 fully saturated rings. The first kappa shape index (κ1) is 25.6. The Morgan fingerprint density at radius 2 is 1.91 bits per heavy atom. The number of halogens is 1. The molecule has 1 heterocycles. The molecule has 0 saturated heterocycles. The third kappa shape index (κ3) is 5.54. The van der Waals surface area contributed by atoms with Crippen molar-refractivity contribution in [2.45, 2.75) is 16.7 Å². The van der Waals surface area contributed by atoms with Gasteiger partial charge < -0.3 is 4.90 Å². The van der Waals surface area contributed by atoms with E-state index < -0.39 is 15.0 Å². The molecule has 0 unspecified atom stereocenters. The summed E-state index contributed by atoms with van der Waals surface area (Å²) in [7, 11) is -0.928. The van der Waals surface area contributed by atoms with Gasteiger partial charge in [0.25, 0.3) is 10.1 Å². The fourth-order valence-corrected chi connectivity index (χ4v) is 4.42. The first-order chi connectivity index (χ1) is 16.1. The predicted molar refractivity (Wildman–Crippen MR) is 123 cm³/mol. The molecule has 0 amide bonds. The molecule has 0 aliphatic carbocycles. The Balaban J connectivity index is 2.20. The molecule has 0 bridgehead atoms. The number of hydrogen-bond donors (Lipinski definition) is 2. The van der Waals surface area contributed by atoms with Crippen LogP contribution in [0.3, 0.4) is 0 Å². The summed E-state index contributed by atoms with van der Waals surface area (Å²) in [5.41, 5.74) is 1.79. The lowest BCUT2D eigenvalue weighted by molar-refractivity contribution is -0.432. The Morgan fingerprint density at radius 1 is 1.24 bits per heavy atom. The first-order valence-corrected chi connectivity index (χ1v) is 11.8. The lowest BCUT2D eigenvalue weighted by Gasteiger charge is -2.12. The van der Waals surface area contributed by atoms with Crippen LogP contribution in [-0.2, 0) is 19.5 Å². The highest BCUT2D eigenvalue weighted by atomic mass is 35.5. The maximum atomic E-state index is 11.8. The standard InChI is InChI=1S/C19H17ClN6O6S2/c1-11-14(10-21)19(23-22-12-4-6-13(7-5-12)25(2)3)26(24-11)16-9-18(34(28,29)30)15(20)8-17(16)33-32-31-27/h4-9,27H,1-3H3,(H,28,29,30). The number of benzene rings is 2. The maximum Gasteiger partial charge on any atom is 0.296 e. The van der Waals surface area contributed by atoms with Gasteiger partial charge in [0.1, 0.15) is 16.5 Å². The zero-order valence-corrected chi connectivity index (χ0v) is 20.3. The predicted octanol–water partition coefficient (Wildman–Crippen LogP) is 4.86. The van der Waals surface area contributed by atoms with Gasteiger partial charge in [0.15, 0.2) is 5.82 Å². The van der Waals surface area contributed by atoms with Crippen LogP contribution in [0.1, 0.15) is 11.3 Å². The summed E-state index contributed by atoms with van der Waals surface area (Å²) >= 11 is 6.47. The molecule has 3 aromatic rings. The van der Waals surface area contributed by atoms with Crippen LogP contribution in [0.15, 0.2) is 56.4 Å². The summed E-state index contributed by atoms with van der Waals surface area (Å²) in [6.07, 6.45) is 0. The smallest absolute Gasteiger partial charge is 0.296 e. The van der Waals surface area contributed by atoms with Gasteiger partial charge >= 0.3 is 0 Å². The number of rotatable bonds is 8. The van der Waals surface area contributed by atoms with E-state index in [0.29, 0.717) is 17.7 Å². The minimum atomic E-state index is -4.72. The molecule has 178 valence electrons. The first-order valence-electron chi connectivity index (χ1n) is 9.21. The summed E-state index contributed by atoms with van der Waals surface area (Å²) in [5, 5.41) is 34.1. The van der Waals surface area contributed by atoms with Crippen LogP contribution in [0.4, 0.5) is 17.2 Å². The quantitative estimate of drug-likeness (QED) is 0.137. The molecule has 0 saturated carbocycles. The van der Waals surface area contributed by atoms with E-state index in [0.717, 1.165) is 22.5 Å². The molecule has 15 heteroatoms. The molecular weight excluding hydrogens is 508 g/mol. The van der Waals surface area contributed by atoms with Crippen LogP contribution in [0.5, 0.6) is 0 Å². The van der Waals surface area contributed by atoms with Gasteiger partial charge in [0.2, 0.25) is 0 Å². The van der Waals surface area contributed by atoms with E-state index >= 15 is 0 Å². The zero-order valence-electron chi connectivity index (χ0n) is 17.9. The highest BCUT2D eigenvalue weighted by molar-refractivity contribution is 7.94. The minimum absolute atomic E-state index is 0.000538. The normalized spacial score (nSPS) is 11.7. The molecular formula is C19H17ClN6O6S2. The lowest BCUT2D eigenvalue weighted by Crippen LogP contribution is -2.07. The molecule has 1 aromatic heterocycles. The molecule has 0 aliphatic heterocycles. The number of hydrogen-bond acceptors (Lipinski definition) is 11. The lowest BCUT2D eigenvalue weighted by atomic mass is 10.2. The summed E-state index contributed by atoms with van der Waals surface area (Å²) in [5.74, 6) is -0.0212. The van der Waals surface area contributed by atoms with E-state index in [-0.39, 0.29) is 32.7 Å². The highest BCUT2D eigenvalue weighted by Crippen LogP contribution is 2.37. The Hall–Kier alpha value is -3.03. The second-order valence-electron chi connectivity index (χ2n) is 6.87. The molecule has 2 N–H and O–H groups in total. The topological polar surface area (TPSA) is 163 Å². The number of azo groups is 1. The van der Waals surface area contributed by atoms with Crippen molar-refractivity contribution in [1.29, 1.82) is 5.26 Å². The van der Waals surface area contributed by atoms with E-state index in [4.69, 9.17) is 16.9 Å². The van der Waals surface area contributed by atoms with Crippen LogP contribution >= 0.6 is 23.6 Å². The van der Waals surface area contributed by atoms with Crippen LogP contribution in [0, 0.1) is 18.3 Å². The monoisotopic (exact) mass is 524 g/mol. The second kappa shape index (κ2) is 10.5. The van der Waals surface area contributed by atoms with Crippen molar-refractivity contribution in [2.75, 3.05) is 19.0 Å². The molecule has 3 rings (SSSR count). The van der Waals surface area contributed by atoms with Gasteiger partial charge in [-0.05, 0) is 43.3 Å². The summed E-state index contributed by atoms with van der Waals surface area (Å²) < 4.78 is 38.8. The van der Waals surface area contributed by atoms with Gasteiger partial charge in [-0.2, -0.15) is 18.8 Å². The number of nitriles is 1. The van der Waals surface area contributed by atoms with Gasteiger partial charge in [-0.3, -0.25) is 4.55 Å².